The van der Waals surface area contributed by atoms with E-state index in [-0.39, 0.29) is 11.9 Å². The number of aliphatic carboxylic acids is 1. The molecule has 26 heavy (non-hydrogen) atoms. The van der Waals surface area contributed by atoms with E-state index >= 15 is 0 Å². The monoisotopic (exact) mass is 359 g/mol. The van der Waals surface area contributed by atoms with E-state index in [1.807, 2.05) is 6.07 Å². The van der Waals surface area contributed by atoms with Crippen molar-refractivity contribution in [2.75, 3.05) is 18.0 Å². The zero-order valence-electron chi connectivity index (χ0n) is 15.7. The molecule has 2 heterocycles. The second kappa shape index (κ2) is 8.06. The summed E-state index contributed by atoms with van der Waals surface area (Å²) in [7, 11) is 0. The lowest BCUT2D eigenvalue weighted by molar-refractivity contribution is -0.141. The van der Waals surface area contributed by atoms with Gasteiger partial charge in [-0.2, -0.15) is 0 Å². The van der Waals surface area contributed by atoms with Gasteiger partial charge in [0, 0.05) is 25.3 Å². The molecular weight excluding hydrogens is 330 g/mol. The number of anilines is 1. The molecule has 0 spiro atoms. The minimum Gasteiger partial charge on any atom is -0.480 e. The smallest absolute Gasteiger partial charge is 0.326 e. The molecule has 1 saturated heterocycles. The molecule has 1 aliphatic carbocycles. The van der Waals surface area contributed by atoms with Gasteiger partial charge in [-0.15, -0.1) is 0 Å². The summed E-state index contributed by atoms with van der Waals surface area (Å²) >= 11 is 0. The van der Waals surface area contributed by atoms with Gasteiger partial charge in [-0.25, -0.2) is 9.78 Å². The highest BCUT2D eigenvalue weighted by atomic mass is 16.4. The first-order valence-corrected chi connectivity index (χ1v) is 9.83. The Hall–Kier alpha value is -2.11. The van der Waals surface area contributed by atoms with Crippen molar-refractivity contribution in [1.29, 1.82) is 0 Å². The van der Waals surface area contributed by atoms with E-state index < -0.39 is 12.0 Å². The summed E-state index contributed by atoms with van der Waals surface area (Å²) in [5.41, 5.74) is 0.485. The fraction of sp³-hybridized carbons (Fsp3) is 0.650. The molecule has 0 radical (unpaired) electrons. The molecule has 1 aliphatic heterocycles. The maximum atomic E-state index is 13.1. The standard InChI is InChI=1S/C20H29N3O3/c1-3-11-22(4-2)18-10-9-15(13-21-18)19(24)23-16-8-6-5-7-14(16)12-17(23)20(25)26/h9-10,13-14,16-17H,3-8,11-12H2,1-2H3,(H,25,26). The fourth-order valence-corrected chi connectivity index (χ4v) is 4.53. The Morgan fingerprint density at radius 3 is 2.65 bits per heavy atom. The van der Waals surface area contributed by atoms with E-state index in [0.717, 1.165) is 51.0 Å². The topological polar surface area (TPSA) is 73.7 Å². The lowest BCUT2D eigenvalue weighted by Crippen LogP contribution is -2.46. The number of nitrogens with zero attached hydrogens (tertiary/aromatic N) is 3. The van der Waals surface area contributed by atoms with Crippen LogP contribution >= 0.6 is 0 Å². The van der Waals surface area contributed by atoms with Crippen LogP contribution < -0.4 is 4.90 Å². The van der Waals surface area contributed by atoms with Gasteiger partial charge in [0.2, 0.25) is 0 Å². The van der Waals surface area contributed by atoms with Crippen LogP contribution in [0.4, 0.5) is 5.82 Å². The molecule has 142 valence electrons. The highest BCUT2D eigenvalue weighted by Crippen LogP contribution is 2.40. The molecule has 2 fully saturated rings. The Morgan fingerprint density at radius 2 is 2.04 bits per heavy atom. The molecule has 1 amide bonds. The van der Waals surface area contributed by atoms with Crippen molar-refractivity contribution in [3.63, 3.8) is 0 Å². The summed E-state index contributed by atoms with van der Waals surface area (Å²) in [6, 6.07) is 3.01. The molecule has 1 N–H and O–H groups in total. The minimum atomic E-state index is -0.891. The Labute approximate surface area is 155 Å². The lowest BCUT2D eigenvalue weighted by atomic mass is 9.84. The van der Waals surface area contributed by atoms with Crippen LogP contribution in [0.5, 0.6) is 0 Å². The second-order valence-electron chi connectivity index (χ2n) is 7.40. The van der Waals surface area contributed by atoms with Crippen LogP contribution in [0.15, 0.2) is 18.3 Å². The predicted octanol–water partition coefficient (Wildman–Crippen LogP) is 3.18. The van der Waals surface area contributed by atoms with Gasteiger partial charge in [-0.3, -0.25) is 4.79 Å². The van der Waals surface area contributed by atoms with Gasteiger partial charge in [-0.1, -0.05) is 19.8 Å². The number of fused-ring (bicyclic) bond motifs is 1. The maximum Gasteiger partial charge on any atom is 0.326 e. The van der Waals surface area contributed by atoms with Crippen molar-refractivity contribution < 1.29 is 14.7 Å². The van der Waals surface area contributed by atoms with Crippen LogP contribution in [0.2, 0.25) is 0 Å². The number of likely N-dealkylation sites (tertiary alicyclic amines) is 1. The Bertz CT molecular complexity index is 646. The Morgan fingerprint density at radius 1 is 1.27 bits per heavy atom. The average molecular weight is 359 g/mol. The summed E-state index contributed by atoms with van der Waals surface area (Å²) in [4.78, 5) is 33.1. The molecule has 1 aromatic rings. The van der Waals surface area contributed by atoms with Gasteiger partial charge in [0.05, 0.1) is 5.56 Å². The largest absolute Gasteiger partial charge is 0.480 e. The number of rotatable bonds is 6. The van der Waals surface area contributed by atoms with Crippen LogP contribution in [0, 0.1) is 5.92 Å². The van der Waals surface area contributed by atoms with Crippen molar-refractivity contribution in [2.24, 2.45) is 5.92 Å². The van der Waals surface area contributed by atoms with Crippen molar-refractivity contribution in [3.05, 3.63) is 23.9 Å². The quantitative estimate of drug-likeness (QED) is 0.844. The molecule has 0 bridgehead atoms. The molecule has 3 atom stereocenters. The highest BCUT2D eigenvalue weighted by Gasteiger charge is 2.47. The van der Waals surface area contributed by atoms with Gasteiger partial charge in [0.25, 0.3) is 5.91 Å². The first-order valence-electron chi connectivity index (χ1n) is 9.83. The van der Waals surface area contributed by atoms with E-state index in [2.05, 4.69) is 23.7 Å². The summed E-state index contributed by atoms with van der Waals surface area (Å²) in [5, 5.41) is 9.62. The molecule has 1 saturated carbocycles. The summed E-state index contributed by atoms with van der Waals surface area (Å²) in [6.45, 7) is 6.00. The van der Waals surface area contributed by atoms with Gasteiger partial charge in [-0.05, 0) is 50.7 Å². The molecule has 1 aromatic heterocycles. The Kier molecular flexibility index (Phi) is 5.79. The lowest BCUT2D eigenvalue weighted by Gasteiger charge is -2.33. The number of carbonyl (C=O) groups excluding carboxylic acids is 1. The van der Waals surface area contributed by atoms with Crippen LogP contribution in [0.3, 0.4) is 0 Å². The first-order chi connectivity index (χ1) is 12.6. The zero-order chi connectivity index (χ0) is 18.7. The van der Waals surface area contributed by atoms with Crippen LogP contribution in [-0.2, 0) is 4.79 Å². The molecule has 3 rings (SSSR count). The van der Waals surface area contributed by atoms with E-state index in [0.29, 0.717) is 17.9 Å². The van der Waals surface area contributed by atoms with E-state index in [4.69, 9.17) is 0 Å². The second-order valence-corrected chi connectivity index (χ2v) is 7.40. The van der Waals surface area contributed by atoms with Crippen LogP contribution in [0.25, 0.3) is 0 Å². The van der Waals surface area contributed by atoms with Gasteiger partial charge in [0.15, 0.2) is 0 Å². The van der Waals surface area contributed by atoms with E-state index in [1.165, 1.54) is 0 Å². The third-order valence-corrected chi connectivity index (χ3v) is 5.80. The number of hydrogen-bond donors (Lipinski definition) is 1. The van der Waals surface area contributed by atoms with Gasteiger partial charge in [0.1, 0.15) is 11.9 Å². The summed E-state index contributed by atoms with van der Waals surface area (Å²) in [5.74, 6) is 0.0978. The van der Waals surface area contributed by atoms with Gasteiger partial charge >= 0.3 is 5.97 Å². The molecule has 6 heteroatoms. The number of amides is 1. The van der Waals surface area contributed by atoms with Crippen LogP contribution in [0.1, 0.15) is 62.7 Å². The number of carboxylic acid groups (broad SMARTS) is 1. The van der Waals surface area contributed by atoms with E-state index in [1.54, 1.807) is 17.2 Å². The predicted molar refractivity (Wildman–Crippen MR) is 100 cm³/mol. The highest BCUT2D eigenvalue weighted by molar-refractivity contribution is 5.97. The number of carboxylic acids is 1. The third-order valence-electron chi connectivity index (χ3n) is 5.80. The summed E-state index contributed by atoms with van der Waals surface area (Å²) < 4.78 is 0. The SMILES string of the molecule is CCCN(CC)c1ccc(C(=O)N2C(C(=O)O)CC3CCCCC32)cn1. The van der Waals surface area contributed by atoms with Crippen LogP contribution in [-0.4, -0.2) is 52.0 Å². The number of carbonyl (C=O) groups is 2. The molecule has 6 nitrogen and oxygen atoms in total. The fourth-order valence-electron chi connectivity index (χ4n) is 4.53. The van der Waals surface area contributed by atoms with Crippen molar-refractivity contribution >= 4 is 17.7 Å². The van der Waals surface area contributed by atoms with Crippen molar-refractivity contribution in [2.45, 2.75) is 64.5 Å². The van der Waals surface area contributed by atoms with Gasteiger partial charge < -0.3 is 14.9 Å². The average Bonchev–Trinajstić information content (AvgIpc) is 3.05. The van der Waals surface area contributed by atoms with Crippen molar-refractivity contribution in [1.82, 2.24) is 9.88 Å². The number of hydrogen-bond acceptors (Lipinski definition) is 4. The molecule has 3 unspecified atom stereocenters. The number of pyridine rings is 1. The first kappa shape index (κ1) is 18.7. The molecular formula is C20H29N3O3. The molecule has 2 aliphatic rings. The third kappa shape index (κ3) is 3.55. The van der Waals surface area contributed by atoms with E-state index in [9.17, 15) is 14.7 Å². The normalized spacial score (nSPS) is 25.0. The number of aromatic nitrogens is 1. The summed E-state index contributed by atoms with van der Waals surface area (Å²) in [6.07, 6.45) is 7.35. The minimum absolute atomic E-state index is 0.0595. The zero-order valence-corrected chi connectivity index (χ0v) is 15.7. The maximum absolute atomic E-state index is 13.1. The Balaban J connectivity index is 1.81. The van der Waals surface area contributed by atoms with Crippen molar-refractivity contribution in [3.8, 4) is 0 Å². The molecule has 0 aromatic carbocycles.